The predicted molar refractivity (Wildman–Crippen MR) is 124 cm³/mol. The molecule has 0 heterocycles. The molecule has 27 heavy (non-hydrogen) atoms. The monoisotopic (exact) mass is 428 g/mol. The quantitative estimate of drug-likeness (QED) is 0.331. The minimum Gasteiger partial charge on any atom is -0.0876 e. The lowest BCUT2D eigenvalue weighted by molar-refractivity contribution is 0.250. The number of benzene rings is 2. The van der Waals surface area contributed by atoms with Crippen LogP contribution in [0.5, 0.6) is 0 Å². The summed E-state index contributed by atoms with van der Waals surface area (Å²) in [4.78, 5) is 0. The van der Waals surface area contributed by atoms with Gasteiger partial charge in [0.25, 0.3) is 0 Å². The highest BCUT2D eigenvalue weighted by molar-refractivity contribution is 9.08. The Bertz CT molecular complexity index is 666. The van der Waals surface area contributed by atoms with Crippen molar-refractivity contribution in [1.82, 2.24) is 0 Å². The van der Waals surface area contributed by atoms with Gasteiger partial charge < -0.3 is 0 Å². The molecule has 0 spiro atoms. The van der Waals surface area contributed by atoms with Gasteiger partial charge in [-0.2, -0.15) is 0 Å². The van der Waals surface area contributed by atoms with E-state index in [-0.39, 0.29) is 0 Å². The number of halogens is 1. The zero-order valence-electron chi connectivity index (χ0n) is 17.9. The highest BCUT2D eigenvalue weighted by atomic mass is 79.9. The van der Waals surface area contributed by atoms with E-state index in [9.17, 15) is 0 Å². The summed E-state index contributed by atoms with van der Waals surface area (Å²) in [7, 11) is 0. The standard InChI is InChI=1S/C26H37Br/c1-6-8-25(24-15-11-21(19-27)12-16-24)18-26(4,5)17-22(7-2)23-13-9-20(3)10-14-23/h9-16,22,25H,6-8,17-19H2,1-5H3. The Morgan fingerprint density at radius 1 is 0.815 bits per heavy atom. The Labute approximate surface area is 175 Å². The van der Waals surface area contributed by atoms with Crippen molar-refractivity contribution in [3.63, 3.8) is 0 Å². The van der Waals surface area contributed by atoms with E-state index in [4.69, 9.17) is 0 Å². The van der Waals surface area contributed by atoms with E-state index in [1.165, 1.54) is 54.4 Å². The Kier molecular flexibility index (Phi) is 8.61. The lowest BCUT2D eigenvalue weighted by atomic mass is 9.71. The Hall–Kier alpha value is -1.08. The molecule has 0 radical (unpaired) electrons. The summed E-state index contributed by atoms with van der Waals surface area (Å²) in [5.74, 6) is 1.31. The molecule has 2 atom stereocenters. The molecule has 2 unspecified atom stereocenters. The van der Waals surface area contributed by atoms with Crippen LogP contribution in [0.2, 0.25) is 0 Å². The van der Waals surface area contributed by atoms with Crippen molar-refractivity contribution in [2.75, 3.05) is 0 Å². The third-order valence-corrected chi connectivity index (χ3v) is 6.53. The fraction of sp³-hybridized carbons (Fsp3) is 0.538. The van der Waals surface area contributed by atoms with Crippen molar-refractivity contribution in [3.8, 4) is 0 Å². The summed E-state index contributed by atoms with van der Waals surface area (Å²) in [6.45, 7) is 11.8. The van der Waals surface area contributed by atoms with Gasteiger partial charge >= 0.3 is 0 Å². The van der Waals surface area contributed by atoms with Crippen LogP contribution in [0.4, 0.5) is 0 Å². The molecule has 0 fully saturated rings. The van der Waals surface area contributed by atoms with E-state index in [2.05, 4.69) is 99.1 Å². The van der Waals surface area contributed by atoms with Gasteiger partial charge in [0.05, 0.1) is 0 Å². The molecule has 0 N–H and O–H groups in total. The van der Waals surface area contributed by atoms with Crippen LogP contribution in [-0.4, -0.2) is 0 Å². The zero-order valence-corrected chi connectivity index (χ0v) is 19.5. The maximum Gasteiger partial charge on any atom is 0.0283 e. The van der Waals surface area contributed by atoms with Gasteiger partial charge in [0.2, 0.25) is 0 Å². The number of aryl methyl sites for hydroxylation is 1. The lowest BCUT2D eigenvalue weighted by Gasteiger charge is -2.33. The smallest absolute Gasteiger partial charge is 0.0283 e. The van der Waals surface area contributed by atoms with Gasteiger partial charge in [0.1, 0.15) is 0 Å². The molecule has 2 aromatic rings. The maximum atomic E-state index is 3.56. The first kappa shape index (κ1) is 22.2. The molecule has 148 valence electrons. The Balaban J connectivity index is 2.12. The summed E-state index contributed by atoms with van der Waals surface area (Å²) in [5, 5.41) is 0.936. The first-order valence-electron chi connectivity index (χ1n) is 10.6. The molecule has 2 aromatic carbocycles. The summed E-state index contributed by atoms with van der Waals surface area (Å²) in [6.07, 6.45) is 6.25. The molecule has 0 aliphatic heterocycles. The fourth-order valence-electron chi connectivity index (χ4n) is 4.37. The van der Waals surface area contributed by atoms with E-state index in [0.29, 0.717) is 17.3 Å². The SMILES string of the molecule is CCCC(CC(C)(C)CC(CC)c1ccc(C)cc1)c1ccc(CBr)cc1. The maximum absolute atomic E-state index is 3.56. The van der Waals surface area contributed by atoms with Crippen LogP contribution in [0.25, 0.3) is 0 Å². The molecule has 0 aromatic heterocycles. The van der Waals surface area contributed by atoms with E-state index < -0.39 is 0 Å². The molecule has 0 amide bonds. The van der Waals surface area contributed by atoms with Gasteiger partial charge in [-0.05, 0) is 66.5 Å². The molecule has 2 rings (SSSR count). The second-order valence-electron chi connectivity index (χ2n) is 8.95. The Morgan fingerprint density at radius 2 is 1.33 bits per heavy atom. The van der Waals surface area contributed by atoms with Gasteiger partial charge in [-0.25, -0.2) is 0 Å². The number of hydrogen-bond donors (Lipinski definition) is 0. The number of alkyl halides is 1. The van der Waals surface area contributed by atoms with Crippen molar-refractivity contribution >= 4 is 15.9 Å². The second-order valence-corrected chi connectivity index (χ2v) is 9.51. The molecule has 0 saturated heterocycles. The summed E-state index contributed by atoms with van der Waals surface area (Å²) < 4.78 is 0. The predicted octanol–water partition coefficient (Wildman–Crippen LogP) is 8.77. The normalized spacial score (nSPS) is 14.1. The number of rotatable bonds is 10. The van der Waals surface area contributed by atoms with Crippen molar-refractivity contribution < 1.29 is 0 Å². The van der Waals surface area contributed by atoms with Crippen LogP contribution in [-0.2, 0) is 5.33 Å². The van der Waals surface area contributed by atoms with Crippen LogP contribution in [0.1, 0.15) is 93.9 Å². The minimum atomic E-state index is 0.333. The highest BCUT2D eigenvalue weighted by Gasteiger charge is 2.27. The molecule has 0 saturated carbocycles. The van der Waals surface area contributed by atoms with Crippen LogP contribution < -0.4 is 0 Å². The first-order valence-corrected chi connectivity index (χ1v) is 11.7. The van der Waals surface area contributed by atoms with Crippen LogP contribution in [0.15, 0.2) is 48.5 Å². The van der Waals surface area contributed by atoms with Crippen LogP contribution >= 0.6 is 15.9 Å². The number of hydrogen-bond acceptors (Lipinski definition) is 0. The third kappa shape index (κ3) is 6.79. The van der Waals surface area contributed by atoms with E-state index in [1.54, 1.807) is 0 Å². The van der Waals surface area contributed by atoms with Crippen LogP contribution in [0.3, 0.4) is 0 Å². The molecule has 0 aliphatic rings. The molecule has 1 heteroatoms. The average molecular weight is 429 g/mol. The van der Waals surface area contributed by atoms with Crippen molar-refractivity contribution in [1.29, 1.82) is 0 Å². The van der Waals surface area contributed by atoms with Gasteiger partial charge in [-0.15, -0.1) is 0 Å². The minimum absolute atomic E-state index is 0.333. The van der Waals surface area contributed by atoms with Crippen LogP contribution in [0, 0.1) is 12.3 Å². The first-order chi connectivity index (χ1) is 12.9. The summed E-state index contributed by atoms with van der Waals surface area (Å²) >= 11 is 3.56. The van der Waals surface area contributed by atoms with E-state index >= 15 is 0 Å². The lowest BCUT2D eigenvalue weighted by Crippen LogP contribution is -2.20. The highest BCUT2D eigenvalue weighted by Crippen LogP contribution is 2.42. The van der Waals surface area contributed by atoms with Gasteiger partial charge in [0.15, 0.2) is 0 Å². The van der Waals surface area contributed by atoms with Crippen molar-refractivity contribution in [2.45, 2.75) is 83.9 Å². The van der Waals surface area contributed by atoms with E-state index in [1.807, 2.05) is 0 Å². The largest absolute Gasteiger partial charge is 0.0876 e. The topological polar surface area (TPSA) is 0 Å². The van der Waals surface area contributed by atoms with Gasteiger partial charge in [-0.1, -0.05) is 104 Å². The average Bonchev–Trinajstić information content (AvgIpc) is 2.66. The van der Waals surface area contributed by atoms with Crippen molar-refractivity contribution in [3.05, 3.63) is 70.8 Å². The zero-order chi connectivity index (χ0) is 19.9. The second kappa shape index (κ2) is 10.5. The molecule has 0 nitrogen and oxygen atoms in total. The Morgan fingerprint density at radius 3 is 1.85 bits per heavy atom. The molecule has 0 bridgehead atoms. The molecular weight excluding hydrogens is 392 g/mol. The third-order valence-electron chi connectivity index (χ3n) is 5.88. The van der Waals surface area contributed by atoms with E-state index in [0.717, 1.165) is 5.33 Å². The fourth-order valence-corrected chi connectivity index (χ4v) is 4.74. The van der Waals surface area contributed by atoms with Gasteiger partial charge in [-0.3, -0.25) is 0 Å². The van der Waals surface area contributed by atoms with Crippen molar-refractivity contribution in [2.24, 2.45) is 5.41 Å². The van der Waals surface area contributed by atoms with Gasteiger partial charge in [0, 0.05) is 5.33 Å². The molecule has 0 aliphatic carbocycles. The summed E-state index contributed by atoms with van der Waals surface area (Å²) in [6, 6.07) is 18.5. The molecular formula is C26H37Br. The summed E-state index contributed by atoms with van der Waals surface area (Å²) in [5.41, 5.74) is 6.06.